The third kappa shape index (κ3) is 4.64. The van der Waals surface area contributed by atoms with Crippen molar-refractivity contribution in [1.29, 1.82) is 0 Å². The van der Waals surface area contributed by atoms with E-state index in [9.17, 15) is 9.59 Å². The second kappa shape index (κ2) is 9.02. The predicted octanol–water partition coefficient (Wildman–Crippen LogP) is 2.80. The van der Waals surface area contributed by atoms with Crippen molar-refractivity contribution >= 4 is 34.0 Å². The molecule has 0 spiro atoms. The van der Waals surface area contributed by atoms with Crippen LogP contribution in [0.3, 0.4) is 0 Å². The third-order valence-electron chi connectivity index (χ3n) is 4.68. The third-order valence-corrected chi connectivity index (χ3v) is 5.67. The van der Waals surface area contributed by atoms with E-state index in [1.54, 1.807) is 37.6 Å². The van der Waals surface area contributed by atoms with Gasteiger partial charge in [0.1, 0.15) is 11.4 Å². The molecule has 3 heterocycles. The van der Waals surface area contributed by atoms with Crippen LogP contribution in [-0.2, 0) is 17.8 Å². The van der Waals surface area contributed by atoms with Gasteiger partial charge in [0.2, 0.25) is 5.91 Å². The number of hydrogen-bond acceptors (Lipinski definition) is 7. The van der Waals surface area contributed by atoms with Crippen molar-refractivity contribution in [2.75, 3.05) is 30.8 Å². The second-order valence-corrected chi connectivity index (χ2v) is 7.85. The Hall–Kier alpha value is -3.30. The molecule has 1 aromatic carbocycles. The fourth-order valence-corrected chi connectivity index (χ4v) is 4.28. The standard InChI is InChI=1S/C21H21N5O3S/c1-29-17-8-3-2-6-14(17)23-19(27)13-26-11-9-15-18(12-26)30-21(24-15)25-20(28)16-7-4-5-10-22-16/h2-8,10H,9,11-13H2,1H3,(H,23,27)(H,24,25,28). The Kier molecular flexibility index (Phi) is 6.01. The van der Waals surface area contributed by atoms with Gasteiger partial charge < -0.3 is 10.1 Å². The molecule has 9 heteroatoms. The van der Waals surface area contributed by atoms with Crippen LogP contribution in [0.25, 0.3) is 0 Å². The van der Waals surface area contributed by atoms with Crippen LogP contribution in [0.2, 0.25) is 0 Å². The molecule has 8 nitrogen and oxygen atoms in total. The first-order chi connectivity index (χ1) is 14.6. The van der Waals surface area contributed by atoms with Gasteiger partial charge in [-0.25, -0.2) is 4.98 Å². The number of carbonyl (C=O) groups is 2. The number of para-hydroxylation sites is 2. The molecule has 0 saturated carbocycles. The topological polar surface area (TPSA) is 96.5 Å². The summed E-state index contributed by atoms with van der Waals surface area (Å²) in [6.45, 7) is 1.61. The van der Waals surface area contributed by atoms with Gasteiger partial charge in [-0.15, -0.1) is 11.3 Å². The van der Waals surface area contributed by atoms with Gasteiger partial charge in [0.15, 0.2) is 5.13 Å². The molecule has 0 atom stereocenters. The van der Waals surface area contributed by atoms with Crippen LogP contribution in [-0.4, -0.2) is 46.9 Å². The maximum atomic E-state index is 12.5. The van der Waals surface area contributed by atoms with E-state index in [1.165, 1.54) is 11.3 Å². The van der Waals surface area contributed by atoms with Crippen LogP contribution < -0.4 is 15.4 Å². The summed E-state index contributed by atoms with van der Waals surface area (Å²) in [5.41, 5.74) is 1.97. The van der Waals surface area contributed by atoms with E-state index < -0.39 is 0 Å². The lowest BCUT2D eigenvalue weighted by atomic mass is 10.2. The number of fused-ring (bicyclic) bond motifs is 1. The van der Waals surface area contributed by atoms with Crippen molar-refractivity contribution in [1.82, 2.24) is 14.9 Å². The number of thiazole rings is 1. The van der Waals surface area contributed by atoms with Gasteiger partial charge in [-0.3, -0.25) is 24.8 Å². The highest BCUT2D eigenvalue weighted by molar-refractivity contribution is 7.15. The Labute approximate surface area is 177 Å². The average molecular weight is 423 g/mol. The van der Waals surface area contributed by atoms with Gasteiger partial charge in [-0.1, -0.05) is 18.2 Å². The smallest absolute Gasteiger partial charge is 0.276 e. The summed E-state index contributed by atoms with van der Waals surface area (Å²) in [6.07, 6.45) is 2.31. The van der Waals surface area contributed by atoms with Crippen molar-refractivity contribution in [3.63, 3.8) is 0 Å². The highest BCUT2D eigenvalue weighted by atomic mass is 32.1. The van der Waals surface area contributed by atoms with E-state index >= 15 is 0 Å². The first kappa shape index (κ1) is 20.0. The second-order valence-electron chi connectivity index (χ2n) is 6.77. The summed E-state index contributed by atoms with van der Waals surface area (Å²) in [6, 6.07) is 12.5. The number of nitrogens with zero attached hydrogens (tertiary/aromatic N) is 3. The lowest BCUT2D eigenvalue weighted by molar-refractivity contribution is -0.117. The lowest BCUT2D eigenvalue weighted by Gasteiger charge is -2.25. The van der Waals surface area contributed by atoms with Gasteiger partial charge in [-0.2, -0.15) is 0 Å². The number of ether oxygens (including phenoxy) is 1. The normalized spacial score (nSPS) is 13.4. The number of methoxy groups -OCH3 is 1. The fourth-order valence-electron chi connectivity index (χ4n) is 3.24. The first-order valence-corrected chi connectivity index (χ1v) is 10.3. The monoisotopic (exact) mass is 423 g/mol. The number of carbonyl (C=O) groups excluding carboxylic acids is 2. The zero-order valence-corrected chi connectivity index (χ0v) is 17.2. The van der Waals surface area contributed by atoms with Crippen molar-refractivity contribution in [3.05, 3.63) is 64.9 Å². The van der Waals surface area contributed by atoms with E-state index in [2.05, 4.69) is 25.5 Å². The summed E-state index contributed by atoms with van der Waals surface area (Å²) < 4.78 is 5.28. The molecule has 0 fully saturated rings. The molecule has 0 radical (unpaired) electrons. The van der Waals surface area contributed by atoms with Crippen molar-refractivity contribution in [2.45, 2.75) is 13.0 Å². The molecule has 1 aliphatic rings. The fraction of sp³-hybridized carbons (Fsp3) is 0.238. The molecule has 0 aliphatic carbocycles. The molecule has 2 amide bonds. The molecule has 0 unspecified atom stereocenters. The number of anilines is 2. The number of benzene rings is 1. The largest absolute Gasteiger partial charge is 0.495 e. The number of pyridine rings is 1. The van der Waals surface area contributed by atoms with E-state index in [0.717, 1.165) is 23.5 Å². The molecule has 0 saturated heterocycles. The van der Waals surface area contributed by atoms with Crippen LogP contribution in [0.15, 0.2) is 48.7 Å². The van der Waals surface area contributed by atoms with Gasteiger partial charge in [0.05, 0.1) is 25.0 Å². The van der Waals surface area contributed by atoms with Crippen LogP contribution in [0, 0.1) is 0 Å². The molecule has 30 heavy (non-hydrogen) atoms. The number of nitrogens with one attached hydrogen (secondary N) is 2. The molecular weight excluding hydrogens is 402 g/mol. The van der Waals surface area contributed by atoms with E-state index in [-0.39, 0.29) is 18.4 Å². The Morgan fingerprint density at radius 3 is 2.80 bits per heavy atom. The maximum Gasteiger partial charge on any atom is 0.276 e. The van der Waals surface area contributed by atoms with Crippen LogP contribution in [0.5, 0.6) is 5.75 Å². The maximum absolute atomic E-state index is 12.5. The summed E-state index contributed by atoms with van der Waals surface area (Å²) in [5, 5.41) is 6.26. The molecular formula is C21H21N5O3S. The van der Waals surface area contributed by atoms with Crippen molar-refractivity contribution in [3.8, 4) is 5.75 Å². The SMILES string of the molecule is COc1ccccc1NC(=O)CN1CCc2nc(NC(=O)c3ccccn3)sc2C1. The van der Waals surface area contributed by atoms with Gasteiger partial charge in [0, 0.05) is 30.6 Å². The molecule has 2 N–H and O–H groups in total. The summed E-state index contributed by atoms with van der Waals surface area (Å²) in [7, 11) is 1.57. The summed E-state index contributed by atoms with van der Waals surface area (Å²) in [5.74, 6) is 0.244. The summed E-state index contributed by atoms with van der Waals surface area (Å²) in [4.78, 5) is 36.5. The minimum Gasteiger partial charge on any atom is -0.495 e. The molecule has 2 aromatic heterocycles. The van der Waals surface area contributed by atoms with E-state index in [1.807, 2.05) is 18.2 Å². The number of hydrogen-bond donors (Lipinski definition) is 2. The van der Waals surface area contributed by atoms with Gasteiger partial charge in [0.25, 0.3) is 5.91 Å². The quantitative estimate of drug-likeness (QED) is 0.633. The minimum absolute atomic E-state index is 0.101. The molecule has 154 valence electrons. The van der Waals surface area contributed by atoms with E-state index in [4.69, 9.17) is 4.74 Å². The Morgan fingerprint density at radius 2 is 2.00 bits per heavy atom. The molecule has 4 rings (SSSR count). The van der Waals surface area contributed by atoms with Gasteiger partial charge in [-0.05, 0) is 24.3 Å². The summed E-state index contributed by atoms with van der Waals surface area (Å²) >= 11 is 1.44. The average Bonchev–Trinajstić information content (AvgIpc) is 3.16. The Bertz CT molecular complexity index is 1050. The Morgan fingerprint density at radius 1 is 1.17 bits per heavy atom. The Balaban J connectivity index is 1.36. The molecule has 3 aromatic rings. The number of aromatic nitrogens is 2. The van der Waals surface area contributed by atoms with Crippen LogP contribution in [0.4, 0.5) is 10.8 Å². The highest BCUT2D eigenvalue weighted by Crippen LogP contribution is 2.29. The number of amides is 2. The zero-order valence-electron chi connectivity index (χ0n) is 16.4. The lowest BCUT2D eigenvalue weighted by Crippen LogP contribution is -2.36. The van der Waals surface area contributed by atoms with Crippen LogP contribution in [0.1, 0.15) is 21.1 Å². The molecule has 0 bridgehead atoms. The van der Waals surface area contributed by atoms with Crippen molar-refractivity contribution < 1.29 is 14.3 Å². The predicted molar refractivity (Wildman–Crippen MR) is 115 cm³/mol. The van der Waals surface area contributed by atoms with Gasteiger partial charge >= 0.3 is 0 Å². The first-order valence-electron chi connectivity index (χ1n) is 9.48. The van der Waals surface area contributed by atoms with Crippen LogP contribution >= 0.6 is 11.3 Å². The highest BCUT2D eigenvalue weighted by Gasteiger charge is 2.23. The van der Waals surface area contributed by atoms with E-state index in [0.29, 0.717) is 28.8 Å². The zero-order chi connectivity index (χ0) is 20.9. The van der Waals surface area contributed by atoms with Crippen molar-refractivity contribution in [2.24, 2.45) is 0 Å². The minimum atomic E-state index is -0.283. The molecule has 1 aliphatic heterocycles. The number of rotatable bonds is 6.